The molecule has 0 bridgehead atoms. The van der Waals surface area contributed by atoms with Crippen molar-refractivity contribution in [2.75, 3.05) is 26.4 Å². The van der Waals surface area contributed by atoms with E-state index in [1.165, 1.54) is 70.6 Å². The lowest BCUT2D eigenvalue weighted by Gasteiger charge is -2.20. The maximum Gasteiger partial charge on any atom is 0.472 e. The topological polar surface area (TPSA) is 155 Å². The maximum absolute atomic E-state index is 12.0. The average Bonchev–Trinajstić information content (AvgIpc) is 2.85. The summed E-state index contributed by atoms with van der Waals surface area (Å²) >= 11 is 0. The number of hydrogen-bond acceptors (Lipinski definition) is 8. The molecule has 3 atom stereocenters. The average molecular weight is 554 g/mol. The highest BCUT2D eigenvalue weighted by Crippen LogP contribution is 2.43. The van der Waals surface area contributed by atoms with E-state index in [9.17, 15) is 19.0 Å². The van der Waals surface area contributed by atoms with E-state index >= 15 is 0 Å². The van der Waals surface area contributed by atoms with Gasteiger partial charge in [0.2, 0.25) is 0 Å². The molecule has 0 aromatic heterocycles. The highest BCUT2D eigenvalue weighted by Gasteiger charge is 2.27. The smallest absolute Gasteiger partial charge is 0.472 e. The zero-order chi connectivity index (χ0) is 27.8. The Morgan fingerprint density at radius 3 is 1.73 bits per heavy atom. The number of aliphatic carboxylic acids is 1. The van der Waals surface area contributed by atoms with Crippen LogP contribution in [0.1, 0.15) is 117 Å². The second-order valence-corrected chi connectivity index (χ2v) is 11.0. The van der Waals surface area contributed by atoms with Gasteiger partial charge in [-0.2, -0.15) is 0 Å². The Balaban J connectivity index is 3.99. The molecule has 0 aromatic carbocycles. The molecule has 0 rings (SSSR count). The van der Waals surface area contributed by atoms with E-state index in [0.29, 0.717) is 13.0 Å². The summed E-state index contributed by atoms with van der Waals surface area (Å²) in [6, 6.07) is -1.46. The van der Waals surface area contributed by atoms with Crippen LogP contribution in [0.4, 0.5) is 0 Å². The summed E-state index contributed by atoms with van der Waals surface area (Å²) in [5, 5.41) is 8.72. The molecule has 37 heavy (non-hydrogen) atoms. The molecule has 0 aliphatic rings. The van der Waals surface area contributed by atoms with Crippen molar-refractivity contribution < 1.29 is 42.7 Å². The van der Waals surface area contributed by atoms with Gasteiger partial charge in [0, 0.05) is 13.0 Å². The van der Waals surface area contributed by atoms with E-state index in [1.807, 2.05) is 6.92 Å². The molecule has 0 aliphatic heterocycles. The van der Waals surface area contributed by atoms with Crippen LogP contribution in [0.3, 0.4) is 0 Å². The van der Waals surface area contributed by atoms with Gasteiger partial charge in [0.25, 0.3) is 0 Å². The number of phosphoric ester groups is 1. The van der Waals surface area contributed by atoms with Crippen LogP contribution < -0.4 is 5.73 Å². The minimum Gasteiger partial charge on any atom is -0.480 e. The molecule has 0 spiro atoms. The molecule has 0 amide bonds. The first-order valence-corrected chi connectivity index (χ1v) is 15.6. The Morgan fingerprint density at radius 1 is 0.757 bits per heavy atom. The molecule has 0 radical (unpaired) electrons. The predicted octanol–water partition coefficient (Wildman–Crippen LogP) is 5.74. The zero-order valence-corrected chi connectivity index (χ0v) is 24.0. The van der Waals surface area contributed by atoms with Crippen molar-refractivity contribution >= 4 is 19.8 Å². The van der Waals surface area contributed by atoms with Gasteiger partial charge < -0.3 is 25.2 Å². The number of ether oxygens (including phenoxy) is 2. The Labute approximate surface area is 223 Å². The molecule has 1 unspecified atom stereocenters. The van der Waals surface area contributed by atoms with Crippen molar-refractivity contribution in [1.82, 2.24) is 0 Å². The Morgan fingerprint density at radius 2 is 1.24 bits per heavy atom. The number of phosphoric acid groups is 1. The van der Waals surface area contributed by atoms with Crippen LogP contribution in [0.25, 0.3) is 0 Å². The first-order chi connectivity index (χ1) is 17.7. The van der Waals surface area contributed by atoms with Gasteiger partial charge in [-0.3, -0.25) is 18.6 Å². The first kappa shape index (κ1) is 36.0. The minimum atomic E-state index is -4.57. The fraction of sp³-hybridized carbons (Fsp3) is 0.923. The van der Waals surface area contributed by atoms with Crippen molar-refractivity contribution in [2.45, 2.75) is 129 Å². The molecule has 0 saturated heterocycles. The third-order valence-electron chi connectivity index (χ3n) is 5.86. The van der Waals surface area contributed by atoms with E-state index in [-0.39, 0.29) is 13.0 Å². The third kappa shape index (κ3) is 23.8. The summed E-state index contributed by atoms with van der Waals surface area (Å²) in [6.45, 7) is 3.46. The van der Waals surface area contributed by atoms with Crippen LogP contribution in [0.2, 0.25) is 0 Å². The Hall–Kier alpha value is -1.03. The van der Waals surface area contributed by atoms with Gasteiger partial charge in [0.1, 0.15) is 12.1 Å². The minimum absolute atomic E-state index is 0.0164. The van der Waals surface area contributed by atoms with E-state index in [2.05, 4.69) is 11.4 Å². The molecule has 4 N–H and O–H groups in total. The second-order valence-electron chi connectivity index (χ2n) is 9.54. The molecule has 0 aliphatic carbocycles. The first-order valence-electron chi connectivity index (χ1n) is 14.1. The fourth-order valence-corrected chi connectivity index (χ4v) is 4.42. The summed E-state index contributed by atoms with van der Waals surface area (Å²) in [4.78, 5) is 32.3. The number of esters is 1. The number of unbranched alkanes of at least 4 members (excludes halogenated alkanes) is 13. The zero-order valence-electron chi connectivity index (χ0n) is 23.1. The standard InChI is InChI=1S/C26H52NO9P/c1-3-5-6-7-8-9-10-11-12-13-14-15-16-17-19-33-20-23(36-25(28)18-4-2)21-34-37(31,32)35-22-24(27)26(29)30/h23-24H,3-22,27H2,1-2H3,(H,29,30)(H,31,32)/t23-,24+/m1/s1. The number of nitrogens with two attached hydrogens (primary N) is 1. The number of carboxylic acid groups (broad SMARTS) is 1. The highest BCUT2D eigenvalue weighted by molar-refractivity contribution is 7.47. The number of carbonyl (C=O) groups is 2. The summed E-state index contributed by atoms with van der Waals surface area (Å²) in [7, 11) is -4.57. The van der Waals surface area contributed by atoms with E-state index in [4.69, 9.17) is 24.8 Å². The van der Waals surface area contributed by atoms with Crippen molar-refractivity contribution in [2.24, 2.45) is 5.73 Å². The lowest BCUT2D eigenvalue weighted by molar-refractivity contribution is -0.154. The lowest BCUT2D eigenvalue weighted by atomic mass is 10.0. The van der Waals surface area contributed by atoms with Crippen LogP contribution in [-0.4, -0.2) is 60.5 Å². The van der Waals surface area contributed by atoms with Gasteiger partial charge in [0.15, 0.2) is 0 Å². The van der Waals surface area contributed by atoms with Gasteiger partial charge in [-0.1, -0.05) is 97.3 Å². The van der Waals surface area contributed by atoms with Gasteiger partial charge in [-0.05, 0) is 12.8 Å². The third-order valence-corrected chi connectivity index (χ3v) is 6.81. The number of carbonyl (C=O) groups excluding carboxylic acids is 1. The van der Waals surface area contributed by atoms with Crippen molar-refractivity contribution in [3.8, 4) is 0 Å². The second kappa shape index (κ2) is 24.0. The predicted molar refractivity (Wildman–Crippen MR) is 143 cm³/mol. The van der Waals surface area contributed by atoms with Crippen molar-refractivity contribution in [1.29, 1.82) is 0 Å². The van der Waals surface area contributed by atoms with E-state index < -0.39 is 45.1 Å². The Kier molecular flexibility index (Phi) is 23.4. The molecule has 11 heteroatoms. The van der Waals surface area contributed by atoms with E-state index in [0.717, 1.165) is 19.3 Å². The van der Waals surface area contributed by atoms with Gasteiger partial charge >= 0.3 is 19.8 Å². The normalized spacial score (nSPS) is 14.7. The summed E-state index contributed by atoms with van der Waals surface area (Å²) in [5.41, 5.74) is 5.25. The largest absolute Gasteiger partial charge is 0.480 e. The van der Waals surface area contributed by atoms with Crippen LogP contribution >= 0.6 is 7.82 Å². The van der Waals surface area contributed by atoms with Gasteiger partial charge in [0.05, 0.1) is 19.8 Å². The molecule has 0 aromatic rings. The summed E-state index contributed by atoms with van der Waals surface area (Å²) in [5.74, 6) is -1.83. The van der Waals surface area contributed by atoms with Gasteiger partial charge in [-0.15, -0.1) is 0 Å². The molecule has 0 heterocycles. The molecular weight excluding hydrogens is 501 g/mol. The van der Waals surface area contributed by atoms with Crippen molar-refractivity contribution in [3.05, 3.63) is 0 Å². The molecule has 10 nitrogen and oxygen atoms in total. The Bertz CT molecular complexity index is 621. The fourth-order valence-electron chi connectivity index (χ4n) is 3.64. The van der Waals surface area contributed by atoms with E-state index in [1.54, 1.807) is 0 Å². The van der Waals surface area contributed by atoms with Crippen molar-refractivity contribution in [3.63, 3.8) is 0 Å². The number of carboxylic acids is 1. The molecule has 0 fully saturated rings. The number of hydrogen-bond donors (Lipinski definition) is 3. The molecule has 0 saturated carbocycles. The molecular formula is C26H52NO9P. The monoisotopic (exact) mass is 553 g/mol. The quantitative estimate of drug-likeness (QED) is 0.0651. The number of rotatable bonds is 27. The molecule has 220 valence electrons. The summed E-state index contributed by atoms with van der Waals surface area (Å²) < 4.78 is 32.3. The van der Waals surface area contributed by atoms with Gasteiger partial charge in [-0.25, -0.2) is 4.57 Å². The van der Waals surface area contributed by atoms with Crippen LogP contribution in [0.5, 0.6) is 0 Å². The highest BCUT2D eigenvalue weighted by atomic mass is 31.2. The van der Waals surface area contributed by atoms with Crippen LogP contribution in [0, 0.1) is 0 Å². The van der Waals surface area contributed by atoms with Crippen LogP contribution in [-0.2, 0) is 32.7 Å². The van der Waals surface area contributed by atoms with Crippen LogP contribution in [0.15, 0.2) is 0 Å². The maximum atomic E-state index is 12.0. The summed E-state index contributed by atoms with van der Waals surface area (Å²) in [6.07, 6.45) is 17.6. The SMILES string of the molecule is CCCCCCCCCCCCCCCCOC[C@H](COP(=O)(O)OC[C@H](N)C(=O)O)OC(=O)CCC. The lowest BCUT2D eigenvalue weighted by Crippen LogP contribution is -2.34.